The number of hydrogen-bond acceptors (Lipinski definition) is 5. The van der Waals surface area contributed by atoms with E-state index in [-0.39, 0.29) is 22.9 Å². The molecule has 2 heterocycles. The highest BCUT2D eigenvalue weighted by atomic mass is 32.2. The molecular weight excluding hydrogens is 354 g/mol. The van der Waals surface area contributed by atoms with Crippen molar-refractivity contribution < 1.29 is 17.9 Å². The molecule has 0 saturated carbocycles. The second kappa shape index (κ2) is 8.94. The molecule has 0 aromatic heterocycles. The van der Waals surface area contributed by atoms with Gasteiger partial charge in [0.25, 0.3) is 0 Å². The van der Waals surface area contributed by atoms with E-state index in [1.54, 1.807) is 24.3 Å². The van der Waals surface area contributed by atoms with Crippen molar-refractivity contribution in [2.24, 2.45) is 0 Å². The van der Waals surface area contributed by atoms with Gasteiger partial charge in [0.05, 0.1) is 11.0 Å². The number of nitrogens with one attached hydrogen (secondary N) is 3. The van der Waals surface area contributed by atoms with Gasteiger partial charge in [-0.2, -0.15) is 0 Å². The molecule has 8 heteroatoms. The minimum atomic E-state index is -3.54. The third-order valence-corrected chi connectivity index (χ3v) is 6.28. The van der Waals surface area contributed by atoms with Gasteiger partial charge >= 0.3 is 0 Å². The summed E-state index contributed by atoms with van der Waals surface area (Å²) in [6.07, 6.45) is 4.47. The number of benzene rings is 1. The van der Waals surface area contributed by atoms with Crippen LogP contribution >= 0.6 is 0 Å². The molecule has 0 radical (unpaired) electrons. The van der Waals surface area contributed by atoms with Crippen LogP contribution in [0.15, 0.2) is 29.2 Å². The van der Waals surface area contributed by atoms with Crippen LogP contribution in [0.2, 0.25) is 0 Å². The predicted molar refractivity (Wildman–Crippen MR) is 98.1 cm³/mol. The van der Waals surface area contributed by atoms with Gasteiger partial charge in [0.2, 0.25) is 15.9 Å². The predicted octanol–water partition coefficient (Wildman–Crippen LogP) is 0.902. The number of carbonyl (C=O) groups excluding carboxylic acids is 1. The Labute approximate surface area is 154 Å². The SMILES string of the molecule is O=C(CC1CCCN1)NCc1ccc(S(=O)(=O)NCC2CCCO2)cc1. The van der Waals surface area contributed by atoms with Gasteiger partial charge in [-0.05, 0) is 49.9 Å². The molecule has 3 N–H and O–H groups in total. The van der Waals surface area contributed by atoms with E-state index in [4.69, 9.17) is 4.74 Å². The molecule has 1 amide bonds. The number of sulfonamides is 1. The van der Waals surface area contributed by atoms with Crippen LogP contribution in [-0.4, -0.2) is 46.2 Å². The molecule has 2 atom stereocenters. The summed E-state index contributed by atoms with van der Waals surface area (Å²) in [5.74, 6) is 0.0133. The highest BCUT2D eigenvalue weighted by molar-refractivity contribution is 7.89. The molecule has 7 nitrogen and oxygen atoms in total. The van der Waals surface area contributed by atoms with Crippen LogP contribution in [0.1, 0.15) is 37.7 Å². The van der Waals surface area contributed by atoms with Gasteiger partial charge in [-0.1, -0.05) is 12.1 Å². The number of rotatable bonds is 8. The van der Waals surface area contributed by atoms with Crippen molar-refractivity contribution in [3.63, 3.8) is 0 Å². The lowest BCUT2D eigenvalue weighted by atomic mass is 10.1. The lowest BCUT2D eigenvalue weighted by molar-refractivity contribution is -0.121. The molecule has 2 aliphatic heterocycles. The summed E-state index contributed by atoms with van der Waals surface area (Å²) >= 11 is 0. The summed E-state index contributed by atoms with van der Waals surface area (Å²) in [4.78, 5) is 12.2. The Hall–Kier alpha value is -1.48. The Kier molecular flexibility index (Phi) is 6.63. The summed E-state index contributed by atoms with van der Waals surface area (Å²) in [6, 6.07) is 6.87. The maximum absolute atomic E-state index is 12.3. The first kappa shape index (κ1) is 19.3. The highest BCUT2D eigenvalue weighted by Gasteiger charge is 2.20. The van der Waals surface area contributed by atoms with E-state index in [0.717, 1.165) is 37.8 Å². The molecule has 0 aliphatic carbocycles. The molecular formula is C18H27N3O4S. The Bertz CT molecular complexity index is 694. The molecule has 26 heavy (non-hydrogen) atoms. The zero-order valence-corrected chi connectivity index (χ0v) is 15.7. The Morgan fingerprint density at radius 1 is 1.19 bits per heavy atom. The molecule has 2 saturated heterocycles. The summed E-state index contributed by atoms with van der Waals surface area (Å²) in [7, 11) is -3.54. The summed E-state index contributed by atoms with van der Waals surface area (Å²) in [5, 5.41) is 6.18. The van der Waals surface area contributed by atoms with Crippen molar-refractivity contribution in [1.82, 2.24) is 15.4 Å². The Morgan fingerprint density at radius 3 is 2.65 bits per heavy atom. The smallest absolute Gasteiger partial charge is 0.240 e. The van der Waals surface area contributed by atoms with Crippen LogP contribution in [0, 0.1) is 0 Å². The average Bonchev–Trinajstić information content (AvgIpc) is 3.32. The summed E-state index contributed by atoms with van der Waals surface area (Å²) in [6.45, 7) is 2.38. The lowest BCUT2D eigenvalue weighted by Gasteiger charge is -2.12. The van der Waals surface area contributed by atoms with Crippen molar-refractivity contribution in [1.29, 1.82) is 0 Å². The van der Waals surface area contributed by atoms with Crippen LogP contribution in [0.3, 0.4) is 0 Å². The van der Waals surface area contributed by atoms with E-state index in [9.17, 15) is 13.2 Å². The zero-order chi connectivity index (χ0) is 18.4. The monoisotopic (exact) mass is 381 g/mol. The fraction of sp³-hybridized carbons (Fsp3) is 0.611. The molecule has 2 unspecified atom stereocenters. The first-order valence-electron chi connectivity index (χ1n) is 9.23. The van der Waals surface area contributed by atoms with E-state index in [0.29, 0.717) is 26.1 Å². The first-order valence-corrected chi connectivity index (χ1v) is 10.7. The Morgan fingerprint density at radius 2 is 2.00 bits per heavy atom. The number of hydrogen-bond donors (Lipinski definition) is 3. The normalized spacial score (nSPS) is 23.2. The van der Waals surface area contributed by atoms with Gasteiger partial charge in [0, 0.05) is 32.2 Å². The third kappa shape index (κ3) is 5.51. The van der Waals surface area contributed by atoms with Crippen LogP contribution in [0.4, 0.5) is 0 Å². The molecule has 0 spiro atoms. The lowest BCUT2D eigenvalue weighted by Crippen LogP contribution is -2.32. The van der Waals surface area contributed by atoms with Crippen molar-refractivity contribution in [2.45, 2.75) is 55.7 Å². The van der Waals surface area contributed by atoms with Crippen LogP contribution in [0.5, 0.6) is 0 Å². The fourth-order valence-corrected chi connectivity index (χ4v) is 4.37. The minimum absolute atomic E-state index is 0.0133. The molecule has 2 fully saturated rings. The van der Waals surface area contributed by atoms with Gasteiger partial charge in [0.1, 0.15) is 0 Å². The third-order valence-electron chi connectivity index (χ3n) is 4.84. The quantitative estimate of drug-likeness (QED) is 0.622. The molecule has 1 aromatic rings. The van der Waals surface area contributed by atoms with Gasteiger partial charge in [-0.25, -0.2) is 13.1 Å². The van der Waals surface area contributed by atoms with Gasteiger partial charge < -0.3 is 15.4 Å². The van der Waals surface area contributed by atoms with Crippen molar-refractivity contribution in [2.75, 3.05) is 19.7 Å². The van der Waals surface area contributed by atoms with Gasteiger partial charge in [0.15, 0.2) is 0 Å². The summed E-state index contributed by atoms with van der Waals surface area (Å²) in [5.41, 5.74) is 0.871. The maximum Gasteiger partial charge on any atom is 0.240 e. The highest BCUT2D eigenvalue weighted by Crippen LogP contribution is 2.14. The molecule has 2 aliphatic rings. The van der Waals surface area contributed by atoms with Crippen LogP contribution in [-0.2, 0) is 26.1 Å². The molecule has 1 aromatic carbocycles. The number of carbonyl (C=O) groups is 1. The van der Waals surface area contributed by atoms with Gasteiger partial charge in [-0.3, -0.25) is 4.79 Å². The van der Waals surface area contributed by atoms with Gasteiger partial charge in [-0.15, -0.1) is 0 Å². The molecule has 144 valence electrons. The molecule has 3 rings (SSSR count). The Balaban J connectivity index is 1.46. The van der Waals surface area contributed by atoms with E-state index < -0.39 is 10.0 Å². The average molecular weight is 381 g/mol. The number of amides is 1. The maximum atomic E-state index is 12.3. The second-order valence-corrected chi connectivity index (χ2v) is 8.67. The number of ether oxygens (including phenoxy) is 1. The van der Waals surface area contributed by atoms with E-state index in [1.807, 2.05) is 0 Å². The van der Waals surface area contributed by atoms with E-state index in [1.165, 1.54) is 0 Å². The van der Waals surface area contributed by atoms with Crippen LogP contribution in [0.25, 0.3) is 0 Å². The largest absolute Gasteiger partial charge is 0.377 e. The zero-order valence-electron chi connectivity index (χ0n) is 14.9. The first-order chi connectivity index (χ1) is 12.5. The van der Waals surface area contributed by atoms with Crippen molar-refractivity contribution in [3.05, 3.63) is 29.8 Å². The molecule has 0 bridgehead atoms. The minimum Gasteiger partial charge on any atom is -0.377 e. The second-order valence-electron chi connectivity index (χ2n) is 6.91. The van der Waals surface area contributed by atoms with Crippen molar-refractivity contribution in [3.8, 4) is 0 Å². The van der Waals surface area contributed by atoms with Crippen molar-refractivity contribution >= 4 is 15.9 Å². The van der Waals surface area contributed by atoms with E-state index >= 15 is 0 Å². The van der Waals surface area contributed by atoms with E-state index in [2.05, 4.69) is 15.4 Å². The fourth-order valence-electron chi connectivity index (χ4n) is 3.31. The summed E-state index contributed by atoms with van der Waals surface area (Å²) < 4.78 is 32.7. The topological polar surface area (TPSA) is 96.5 Å². The standard InChI is InChI=1S/C18H27N3O4S/c22-18(11-15-3-1-9-19-15)20-12-14-5-7-17(8-6-14)26(23,24)21-13-16-4-2-10-25-16/h5-8,15-16,19,21H,1-4,9-13H2,(H,20,22). The van der Waals surface area contributed by atoms with Crippen LogP contribution < -0.4 is 15.4 Å².